The summed E-state index contributed by atoms with van der Waals surface area (Å²) in [6.45, 7) is 0.640. The van der Waals surface area contributed by atoms with Crippen molar-refractivity contribution in [1.29, 1.82) is 0 Å². The molecule has 1 aliphatic carbocycles. The van der Waals surface area contributed by atoms with E-state index in [1.807, 2.05) is 18.2 Å². The zero-order valence-corrected chi connectivity index (χ0v) is 11.9. The van der Waals surface area contributed by atoms with Crippen molar-refractivity contribution >= 4 is 17.7 Å². The smallest absolute Gasteiger partial charge is 0.251 e. The number of hydrogen-bond acceptors (Lipinski definition) is 3. The molecule has 4 heteroatoms. The molecule has 2 N–H and O–H groups in total. The van der Waals surface area contributed by atoms with Crippen molar-refractivity contribution in [2.45, 2.75) is 42.6 Å². The van der Waals surface area contributed by atoms with Crippen molar-refractivity contribution in [1.82, 2.24) is 5.32 Å². The fourth-order valence-electron chi connectivity index (χ4n) is 2.33. The third kappa shape index (κ3) is 4.25. The predicted molar refractivity (Wildman–Crippen MR) is 78.2 cm³/mol. The van der Waals surface area contributed by atoms with Crippen LogP contribution in [0.4, 0.5) is 0 Å². The van der Waals surface area contributed by atoms with Gasteiger partial charge in [0.2, 0.25) is 0 Å². The second-order valence-electron chi connectivity index (χ2n) is 5.01. The monoisotopic (exact) mass is 279 g/mol. The Hall–Kier alpha value is -1.00. The van der Waals surface area contributed by atoms with Crippen LogP contribution in [0.25, 0.3) is 0 Å². The van der Waals surface area contributed by atoms with Gasteiger partial charge in [-0.25, -0.2) is 0 Å². The molecule has 2 rings (SSSR count). The molecule has 19 heavy (non-hydrogen) atoms. The lowest BCUT2D eigenvalue weighted by atomic mass is 10.0. The number of amides is 1. The van der Waals surface area contributed by atoms with Crippen molar-refractivity contribution in [3.63, 3.8) is 0 Å². The SMILES string of the molecule is O=C(NCCCSc1ccccc1)C1(O)CCCC1. The summed E-state index contributed by atoms with van der Waals surface area (Å²) in [5, 5.41) is 12.9. The lowest BCUT2D eigenvalue weighted by molar-refractivity contribution is -0.139. The molecule has 0 saturated heterocycles. The molecule has 3 nitrogen and oxygen atoms in total. The van der Waals surface area contributed by atoms with Crippen LogP contribution in [0, 0.1) is 0 Å². The van der Waals surface area contributed by atoms with E-state index in [4.69, 9.17) is 0 Å². The molecule has 104 valence electrons. The van der Waals surface area contributed by atoms with Gasteiger partial charge in [0, 0.05) is 11.4 Å². The Kier molecular flexibility index (Phi) is 5.28. The van der Waals surface area contributed by atoms with E-state index in [9.17, 15) is 9.90 Å². The number of carbonyl (C=O) groups excluding carboxylic acids is 1. The molecule has 0 atom stereocenters. The average molecular weight is 279 g/mol. The highest BCUT2D eigenvalue weighted by Crippen LogP contribution is 2.29. The van der Waals surface area contributed by atoms with Crippen LogP contribution in [0.5, 0.6) is 0 Å². The largest absolute Gasteiger partial charge is 0.380 e. The van der Waals surface area contributed by atoms with Gasteiger partial charge in [-0.05, 0) is 50.0 Å². The van der Waals surface area contributed by atoms with Crippen LogP contribution in [0.15, 0.2) is 35.2 Å². The van der Waals surface area contributed by atoms with E-state index in [1.54, 1.807) is 11.8 Å². The maximum atomic E-state index is 11.8. The van der Waals surface area contributed by atoms with Gasteiger partial charge in [0.25, 0.3) is 5.91 Å². The van der Waals surface area contributed by atoms with Crippen LogP contribution in [0.3, 0.4) is 0 Å². The summed E-state index contributed by atoms with van der Waals surface area (Å²) in [6, 6.07) is 10.2. The van der Waals surface area contributed by atoms with Crippen molar-refractivity contribution in [2.24, 2.45) is 0 Å². The van der Waals surface area contributed by atoms with Gasteiger partial charge in [0.1, 0.15) is 5.60 Å². The van der Waals surface area contributed by atoms with E-state index in [0.29, 0.717) is 19.4 Å². The highest BCUT2D eigenvalue weighted by atomic mass is 32.2. The van der Waals surface area contributed by atoms with E-state index in [1.165, 1.54) is 4.90 Å². The van der Waals surface area contributed by atoms with Gasteiger partial charge < -0.3 is 10.4 Å². The van der Waals surface area contributed by atoms with E-state index in [0.717, 1.165) is 25.0 Å². The second-order valence-corrected chi connectivity index (χ2v) is 6.18. The summed E-state index contributed by atoms with van der Waals surface area (Å²) in [4.78, 5) is 13.1. The summed E-state index contributed by atoms with van der Waals surface area (Å²) in [5.74, 6) is 0.789. The summed E-state index contributed by atoms with van der Waals surface area (Å²) >= 11 is 1.79. The van der Waals surface area contributed by atoms with Crippen LogP contribution in [0.2, 0.25) is 0 Å². The van der Waals surface area contributed by atoms with Crippen molar-refractivity contribution < 1.29 is 9.90 Å². The maximum Gasteiger partial charge on any atom is 0.251 e. The molecule has 0 radical (unpaired) electrons. The van der Waals surface area contributed by atoms with Crippen LogP contribution < -0.4 is 5.32 Å². The molecule has 0 unspecified atom stereocenters. The van der Waals surface area contributed by atoms with Crippen molar-refractivity contribution in [3.05, 3.63) is 30.3 Å². The number of rotatable bonds is 6. The van der Waals surface area contributed by atoms with Gasteiger partial charge in [-0.3, -0.25) is 4.79 Å². The van der Waals surface area contributed by atoms with Crippen LogP contribution >= 0.6 is 11.8 Å². The second kappa shape index (κ2) is 6.96. The minimum Gasteiger partial charge on any atom is -0.380 e. The maximum absolute atomic E-state index is 11.8. The molecular weight excluding hydrogens is 258 g/mol. The molecule has 1 aliphatic rings. The number of hydrogen-bond donors (Lipinski definition) is 2. The molecule has 0 aromatic heterocycles. The van der Waals surface area contributed by atoms with Crippen LogP contribution in [0.1, 0.15) is 32.1 Å². The van der Waals surface area contributed by atoms with E-state index in [-0.39, 0.29) is 5.91 Å². The molecule has 0 heterocycles. The first-order valence-electron chi connectivity index (χ1n) is 6.89. The quantitative estimate of drug-likeness (QED) is 0.621. The third-order valence-electron chi connectivity index (χ3n) is 3.47. The normalized spacial score (nSPS) is 17.3. The van der Waals surface area contributed by atoms with Crippen LogP contribution in [-0.4, -0.2) is 28.9 Å². The molecule has 1 fully saturated rings. The van der Waals surface area contributed by atoms with Gasteiger partial charge in [-0.2, -0.15) is 0 Å². The fourth-order valence-corrected chi connectivity index (χ4v) is 3.21. The topological polar surface area (TPSA) is 49.3 Å². The first-order chi connectivity index (χ1) is 9.21. The van der Waals surface area contributed by atoms with Gasteiger partial charge in [0.15, 0.2) is 0 Å². The molecule has 0 aliphatic heterocycles. The van der Waals surface area contributed by atoms with Gasteiger partial charge in [-0.15, -0.1) is 11.8 Å². The van der Waals surface area contributed by atoms with Gasteiger partial charge >= 0.3 is 0 Å². The number of benzene rings is 1. The lowest BCUT2D eigenvalue weighted by Gasteiger charge is -2.20. The fraction of sp³-hybridized carbons (Fsp3) is 0.533. The average Bonchev–Trinajstić information content (AvgIpc) is 2.88. The van der Waals surface area contributed by atoms with Gasteiger partial charge in [0.05, 0.1) is 0 Å². The molecule has 0 spiro atoms. The molecular formula is C15H21NO2S. The number of carbonyl (C=O) groups is 1. The number of aliphatic hydroxyl groups is 1. The Labute approximate surface area is 118 Å². The van der Waals surface area contributed by atoms with E-state index in [2.05, 4.69) is 17.4 Å². The predicted octanol–water partition coefficient (Wildman–Crippen LogP) is 2.59. The molecule has 0 bridgehead atoms. The Morgan fingerprint density at radius 1 is 1.26 bits per heavy atom. The van der Waals surface area contributed by atoms with E-state index < -0.39 is 5.60 Å². The summed E-state index contributed by atoms with van der Waals surface area (Å²) < 4.78 is 0. The summed E-state index contributed by atoms with van der Waals surface area (Å²) in [7, 11) is 0. The zero-order valence-electron chi connectivity index (χ0n) is 11.1. The third-order valence-corrected chi connectivity index (χ3v) is 4.57. The Bertz CT molecular complexity index is 402. The molecule has 1 amide bonds. The summed E-state index contributed by atoms with van der Waals surface area (Å²) in [5.41, 5.74) is -1.09. The number of nitrogens with one attached hydrogen (secondary N) is 1. The Morgan fingerprint density at radius 3 is 2.63 bits per heavy atom. The number of thioether (sulfide) groups is 1. The van der Waals surface area contributed by atoms with Crippen LogP contribution in [-0.2, 0) is 4.79 Å². The standard InChI is InChI=1S/C15H21NO2S/c17-14(15(18)9-4-5-10-15)16-11-6-12-19-13-7-2-1-3-8-13/h1-3,7-8,18H,4-6,9-12H2,(H,16,17). The minimum absolute atomic E-state index is 0.185. The van der Waals surface area contributed by atoms with Crippen molar-refractivity contribution in [3.8, 4) is 0 Å². The Morgan fingerprint density at radius 2 is 1.95 bits per heavy atom. The molecule has 1 aromatic carbocycles. The zero-order chi connectivity index (χ0) is 13.6. The minimum atomic E-state index is -1.09. The summed E-state index contributed by atoms with van der Waals surface area (Å²) in [6.07, 6.45) is 4.04. The first-order valence-corrected chi connectivity index (χ1v) is 7.88. The first kappa shape index (κ1) is 14.4. The van der Waals surface area contributed by atoms with Gasteiger partial charge in [-0.1, -0.05) is 18.2 Å². The highest BCUT2D eigenvalue weighted by molar-refractivity contribution is 7.99. The van der Waals surface area contributed by atoms with Crippen molar-refractivity contribution in [2.75, 3.05) is 12.3 Å². The molecule has 1 saturated carbocycles. The Balaban J connectivity index is 1.60. The molecule has 1 aromatic rings. The lowest BCUT2D eigenvalue weighted by Crippen LogP contribution is -2.45. The highest BCUT2D eigenvalue weighted by Gasteiger charge is 2.38. The van der Waals surface area contributed by atoms with E-state index >= 15 is 0 Å².